The van der Waals surface area contributed by atoms with Gasteiger partial charge >= 0.3 is 12.5 Å². The fourth-order valence-corrected chi connectivity index (χ4v) is 1.02. The van der Waals surface area contributed by atoms with Crippen molar-refractivity contribution in [3.8, 4) is 11.5 Å². The molecule has 0 N–H and O–H groups in total. The Labute approximate surface area is 95.9 Å². The molecule has 0 fully saturated rings. The van der Waals surface area contributed by atoms with Gasteiger partial charge in [0.2, 0.25) is 5.75 Å². The van der Waals surface area contributed by atoms with Crippen molar-refractivity contribution in [2.24, 2.45) is 0 Å². The molecule has 0 heterocycles. The normalized spacial score (nSPS) is 12.4. The van der Waals surface area contributed by atoms with Gasteiger partial charge in [0, 0.05) is 19.1 Å². The first-order valence-corrected chi connectivity index (χ1v) is 4.29. The topological polar surface area (TPSA) is 18.5 Å². The van der Waals surface area contributed by atoms with Gasteiger partial charge in [-0.25, -0.2) is 8.78 Å². The minimum absolute atomic E-state index is 0.154. The van der Waals surface area contributed by atoms with Crippen LogP contribution in [0.5, 0.6) is 11.5 Å². The van der Waals surface area contributed by atoms with Crippen molar-refractivity contribution < 1.29 is 40.2 Å². The van der Waals surface area contributed by atoms with Crippen molar-refractivity contribution >= 4 is 0 Å². The van der Waals surface area contributed by atoms with Gasteiger partial charge in [0.1, 0.15) is 5.75 Å². The maximum absolute atomic E-state index is 13.0. The van der Waals surface area contributed by atoms with Crippen molar-refractivity contribution in [3.05, 3.63) is 23.8 Å². The monoisotopic (exact) mass is 278 g/mol. The maximum Gasteiger partial charge on any atom is 0.573 e. The van der Waals surface area contributed by atoms with Gasteiger partial charge in [-0.05, 0) is 0 Å². The molecule has 0 amide bonds. The molecule has 0 saturated carbocycles. The Morgan fingerprint density at radius 3 is 1.67 bits per heavy atom. The Balaban J connectivity index is 3.05. The van der Waals surface area contributed by atoms with Crippen LogP contribution in [0.4, 0.5) is 30.7 Å². The third-order valence-electron chi connectivity index (χ3n) is 1.49. The third kappa shape index (κ3) is 4.30. The summed E-state index contributed by atoms with van der Waals surface area (Å²) in [6, 6.07) is 0.309. The fraction of sp³-hybridized carbons (Fsp3) is 0.333. The van der Waals surface area contributed by atoms with Crippen LogP contribution in [0.2, 0.25) is 0 Å². The number of hydrogen-bond acceptors (Lipinski definition) is 2. The number of benzene rings is 1. The third-order valence-corrected chi connectivity index (χ3v) is 1.49. The molecule has 1 aromatic carbocycles. The lowest BCUT2D eigenvalue weighted by Gasteiger charge is -2.15. The van der Waals surface area contributed by atoms with E-state index in [0.717, 1.165) is 0 Å². The van der Waals surface area contributed by atoms with Crippen LogP contribution in [0.25, 0.3) is 0 Å². The summed E-state index contributed by atoms with van der Waals surface area (Å²) in [5.74, 6) is -6.33. The van der Waals surface area contributed by atoms with E-state index in [4.69, 9.17) is 0 Å². The second kappa shape index (κ2) is 4.54. The zero-order chi connectivity index (χ0) is 14.1. The Morgan fingerprint density at radius 2 is 1.33 bits per heavy atom. The first-order valence-electron chi connectivity index (χ1n) is 4.29. The van der Waals surface area contributed by atoms with Gasteiger partial charge in [0.25, 0.3) is 0 Å². The highest BCUT2D eigenvalue weighted by Crippen LogP contribution is 2.33. The Morgan fingerprint density at radius 1 is 0.889 bits per heavy atom. The van der Waals surface area contributed by atoms with E-state index in [1.54, 1.807) is 0 Å². The van der Waals surface area contributed by atoms with Gasteiger partial charge in [-0.2, -0.15) is 8.78 Å². The van der Waals surface area contributed by atoms with E-state index in [9.17, 15) is 30.7 Å². The Bertz CT molecular complexity index is 413. The first kappa shape index (κ1) is 14.4. The number of halogens is 7. The molecule has 0 unspecified atom stereocenters. The van der Waals surface area contributed by atoms with E-state index in [1.165, 1.54) is 0 Å². The molecule has 0 saturated heterocycles. The molecule has 9 heteroatoms. The number of hydrogen-bond donors (Lipinski definition) is 0. The lowest BCUT2D eigenvalue weighted by molar-refractivity contribution is -0.276. The molecule has 2 nitrogen and oxygen atoms in total. The van der Waals surface area contributed by atoms with Crippen LogP contribution in [-0.4, -0.2) is 12.5 Å². The molecule has 0 atom stereocenters. The van der Waals surface area contributed by atoms with Crippen molar-refractivity contribution in [3.63, 3.8) is 0 Å². The SMILES string of the molecule is CC(F)(F)Oc1cc(F)c(OC(F)(F)F)c(F)c1. The quantitative estimate of drug-likeness (QED) is 0.782. The molecular weight excluding hydrogens is 273 g/mol. The number of ether oxygens (including phenoxy) is 2. The van der Waals surface area contributed by atoms with Crippen molar-refractivity contribution in [2.75, 3.05) is 0 Å². The Kier molecular flexibility index (Phi) is 3.63. The first-order chi connectivity index (χ1) is 7.98. The highest BCUT2D eigenvalue weighted by Gasteiger charge is 2.34. The number of alkyl halides is 5. The lowest BCUT2D eigenvalue weighted by Crippen LogP contribution is -2.21. The second-order valence-corrected chi connectivity index (χ2v) is 3.17. The maximum atomic E-state index is 13.0. The van der Waals surface area contributed by atoms with Gasteiger partial charge in [-0.3, -0.25) is 0 Å². The van der Waals surface area contributed by atoms with E-state index in [1.807, 2.05) is 0 Å². The molecule has 0 aliphatic carbocycles. The fourth-order valence-electron chi connectivity index (χ4n) is 1.02. The Hall–Kier alpha value is -1.67. The zero-order valence-electron chi connectivity index (χ0n) is 8.62. The van der Waals surface area contributed by atoms with Crippen LogP contribution < -0.4 is 9.47 Å². The minimum Gasteiger partial charge on any atom is -0.433 e. The van der Waals surface area contributed by atoms with Crippen LogP contribution in [-0.2, 0) is 0 Å². The number of rotatable bonds is 3. The molecule has 0 spiro atoms. The summed E-state index contributed by atoms with van der Waals surface area (Å²) in [7, 11) is 0. The molecule has 0 aromatic heterocycles. The van der Waals surface area contributed by atoms with Crippen LogP contribution in [0, 0.1) is 11.6 Å². The summed E-state index contributed by atoms with van der Waals surface area (Å²) < 4.78 is 92.9. The molecule has 0 aliphatic rings. The summed E-state index contributed by atoms with van der Waals surface area (Å²) in [4.78, 5) is 0. The van der Waals surface area contributed by atoms with Crippen LogP contribution in [0.15, 0.2) is 12.1 Å². The smallest absolute Gasteiger partial charge is 0.433 e. The predicted octanol–water partition coefficient (Wildman–Crippen LogP) is 3.85. The summed E-state index contributed by atoms with van der Waals surface area (Å²) in [5.41, 5.74) is 0. The molecule has 102 valence electrons. The zero-order valence-corrected chi connectivity index (χ0v) is 8.62. The molecule has 0 bridgehead atoms. The molecule has 1 aromatic rings. The van der Waals surface area contributed by atoms with E-state index in [0.29, 0.717) is 6.92 Å². The van der Waals surface area contributed by atoms with Gasteiger partial charge < -0.3 is 9.47 Å². The largest absolute Gasteiger partial charge is 0.573 e. The highest BCUT2D eigenvalue weighted by atomic mass is 19.4. The lowest BCUT2D eigenvalue weighted by atomic mass is 10.3. The minimum atomic E-state index is -5.31. The van der Waals surface area contributed by atoms with Crippen LogP contribution in [0.3, 0.4) is 0 Å². The standard InChI is InChI=1S/C9H5F7O2/c1-8(12,13)17-4-2-5(10)7(6(11)3-4)18-9(14,15)16/h2-3H,1H3. The van der Waals surface area contributed by atoms with E-state index >= 15 is 0 Å². The van der Waals surface area contributed by atoms with Gasteiger partial charge in [-0.15, -0.1) is 13.2 Å². The van der Waals surface area contributed by atoms with E-state index in [2.05, 4.69) is 9.47 Å². The summed E-state index contributed by atoms with van der Waals surface area (Å²) in [6.07, 6.45) is -9.04. The van der Waals surface area contributed by atoms with Crippen molar-refractivity contribution in [2.45, 2.75) is 19.4 Å². The summed E-state index contributed by atoms with van der Waals surface area (Å²) in [5, 5.41) is 0. The van der Waals surface area contributed by atoms with E-state index < -0.39 is 35.6 Å². The molecule has 0 aliphatic heterocycles. The second-order valence-electron chi connectivity index (χ2n) is 3.17. The highest BCUT2D eigenvalue weighted by molar-refractivity contribution is 5.35. The molecular formula is C9H5F7O2. The van der Waals surface area contributed by atoms with Crippen molar-refractivity contribution in [1.82, 2.24) is 0 Å². The van der Waals surface area contributed by atoms with Crippen LogP contribution >= 0.6 is 0 Å². The predicted molar refractivity (Wildman–Crippen MR) is 44.3 cm³/mol. The molecule has 1 rings (SSSR count). The van der Waals surface area contributed by atoms with E-state index in [-0.39, 0.29) is 12.1 Å². The van der Waals surface area contributed by atoms with Crippen molar-refractivity contribution in [1.29, 1.82) is 0 Å². The summed E-state index contributed by atoms with van der Waals surface area (Å²) in [6.45, 7) is 0.295. The molecule has 18 heavy (non-hydrogen) atoms. The average Bonchev–Trinajstić information content (AvgIpc) is 2.07. The van der Waals surface area contributed by atoms with Gasteiger partial charge in [0.05, 0.1) is 0 Å². The van der Waals surface area contributed by atoms with Gasteiger partial charge in [-0.1, -0.05) is 0 Å². The van der Waals surface area contributed by atoms with Crippen LogP contribution in [0.1, 0.15) is 6.92 Å². The molecule has 0 radical (unpaired) electrons. The average molecular weight is 278 g/mol. The summed E-state index contributed by atoms with van der Waals surface area (Å²) >= 11 is 0. The van der Waals surface area contributed by atoms with Gasteiger partial charge in [0.15, 0.2) is 11.6 Å².